The van der Waals surface area contributed by atoms with Crippen LogP contribution in [0, 0.1) is 11.6 Å². The number of carbonyl (C=O) groups is 2. The number of halogens is 4. The van der Waals surface area contributed by atoms with E-state index in [1.807, 2.05) is 0 Å². The van der Waals surface area contributed by atoms with Gasteiger partial charge in [0.25, 0.3) is 5.91 Å². The second-order valence-electron chi connectivity index (χ2n) is 5.03. The third-order valence-corrected chi connectivity index (χ3v) is 3.80. The van der Waals surface area contributed by atoms with Crippen molar-refractivity contribution in [2.45, 2.75) is 12.5 Å². The van der Waals surface area contributed by atoms with Crippen LogP contribution in [0.1, 0.15) is 15.9 Å². The molecule has 0 aliphatic rings. The molecule has 1 atom stereocenters. The summed E-state index contributed by atoms with van der Waals surface area (Å²) in [5.74, 6) is -3.46. The Morgan fingerprint density at radius 2 is 1.71 bits per heavy atom. The van der Waals surface area contributed by atoms with Crippen LogP contribution < -0.4 is 11.1 Å². The average molecular weight is 373 g/mol. The number of nitrogens with two attached hydrogens (primary N) is 1. The van der Waals surface area contributed by atoms with E-state index in [0.717, 1.165) is 12.1 Å². The molecule has 2 rings (SSSR count). The van der Waals surface area contributed by atoms with Gasteiger partial charge >= 0.3 is 0 Å². The summed E-state index contributed by atoms with van der Waals surface area (Å²) in [7, 11) is 0. The lowest BCUT2D eigenvalue weighted by Gasteiger charge is -2.16. The van der Waals surface area contributed by atoms with Crippen molar-refractivity contribution < 1.29 is 18.4 Å². The van der Waals surface area contributed by atoms with Crippen molar-refractivity contribution in [3.8, 4) is 0 Å². The van der Waals surface area contributed by atoms with Gasteiger partial charge in [-0.05, 0) is 29.8 Å². The highest BCUT2D eigenvalue weighted by Gasteiger charge is 2.21. The number of amides is 2. The first-order valence-corrected chi connectivity index (χ1v) is 7.52. The molecule has 0 aliphatic heterocycles. The van der Waals surface area contributed by atoms with E-state index in [1.54, 1.807) is 12.1 Å². The largest absolute Gasteiger partial charge is 0.368 e. The molecule has 0 saturated carbocycles. The molecule has 2 aromatic carbocycles. The van der Waals surface area contributed by atoms with Crippen molar-refractivity contribution in [2.24, 2.45) is 5.73 Å². The Kier molecular flexibility index (Phi) is 5.75. The highest BCUT2D eigenvalue weighted by atomic mass is 35.5. The lowest BCUT2D eigenvalue weighted by atomic mass is 10.0. The first kappa shape index (κ1) is 18.2. The summed E-state index contributed by atoms with van der Waals surface area (Å²) in [6.07, 6.45) is 0.00880. The Morgan fingerprint density at radius 1 is 1.08 bits per heavy atom. The molecule has 0 fully saturated rings. The quantitative estimate of drug-likeness (QED) is 0.846. The summed E-state index contributed by atoms with van der Waals surface area (Å²) < 4.78 is 26.4. The predicted octanol–water partition coefficient (Wildman–Crippen LogP) is 3.10. The molecule has 0 spiro atoms. The van der Waals surface area contributed by atoms with Crippen LogP contribution in [0.15, 0.2) is 36.4 Å². The zero-order chi connectivity index (χ0) is 17.9. The number of benzene rings is 2. The van der Waals surface area contributed by atoms with Crippen molar-refractivity contribution in [1.82, 2.24) is 5.32 Å². The maximum atomic E-state index is 13.2. The summed E-state index contributed by atoms with van der Waals surface area (Å²) in [5.41, 5.74) is 5.55. The van der Waals surface area contributed by atoms with E-state index in [0.29, 0.717) is 21.7 Å². The summed E-state index contributed by atoms with van der Waals surface area (Å²) >= 11 is 11.8. The van der Waals surface area contributed by atoms with Crippen LogP contribution in [0.4, 0.5) is 8.78 Å². The number of rotatable bonds is 5. The van der Waals surface area contributed by atoms with Crippen molar-refractivity contribution >= 4 is 35.0 Å². The summed E-state index contributed by atoms with van der Waals surface area (Å²) in [5, 5.41) is 3.06. The molecule has 4 nitrogen and oxygen atoms in total. The van der Waals surface area contributed by atoms with Crippen LogP contribution in [-0.2, 0) is 11.2 Å². The Labute approximate surface area is 146 Å². The molecule has 126 valence electrons. The highest BCUT2D eigenvalue weighted by molar-refractivity contribution is 6.35. The number of hydrogen-bond acceptors (Lipinski definition) is 2. The fourth-order valence-electron chi connectivity index (χ4n) is 2.06. The minimum Gasteiger partial charge on any atom is -0.368 e. The van der Waals surface area contributed by atoms with Gasteiger partial charge in [0.2, 0.25) is 5.91 Å². The molecule has 2 amide bonds. The zero-order valence-electron chi connectivity index (χ0n) is 12.2. The molecule has 0 aliphatic carbocycles. The lowest BCUT2D eigenvalue weighted by molar-refractivity contribution is -0.119. The van der Waals surface area contributed by atoms with Gasteiger partial charge in [0.1, 0.15) is 17.7 Å². The van der Waals surface area contributed by atoms with Gasteiger partial charge in [0.05, 0.1) is 0 Å². The van der Waals surface area contributed by atoms with Crippen LogP contribution in [0.25, 0.3) is 0 Å². The molecule has 0 radical (unpaired) electrons. The Hall–Kier alpha value is -2.18. The van der Waals surface area contributed by atoms with E-state index in [1.165, 1.54) is 6.07 Å². The normalized spacial score (nSPS) is 11.8. The minimum atomic E-state index is -1.11. The standard InChI is InChI=1S/C16H12Cl2F2N2O2/c17-10-2-1-8(13(18)6-10)5-14(15(21)23)22-16(24)9-3-11(19)7-12(20)4-9/h1-4,6-7,14H,5H2,(H2,21,23)(H,22,24)/t14-/m1/s1. The molecule has 8 heteroatoms. The third kappa shape index (κ3) is 4.66. The van der Waals surface area contributed by atoms with Gasteiger partial charge < -0.3 is 11.1 Å². The Balaban J connectivity index is 2.19. The molecule has 0 aromatic heterocycles. The summed E-state index contributed by atoms with van der Waals surface area (Å²) in [6.45, 7) is 0. The molecule has 3 N–H and O–H groups in total. The van der Waals surface area contributed by atoms with Crippen LogP contribution in [0.3, 0.4) is 0 Å². The van der Waals surface area contributed by atoms with Crippen molar-refractivity contribution in [2.75, 3.05) is 0 Å². The van der Waals surface area contributed by atoms with Gasteiger partial charge in [-0.1, -0.05) is 29.3 Å². The van der Waals surface area contributed by atoms with Gasteiger partial charge in [-0.2, -0.15) is 0 Å². The maximum absolute atomic E-state index is 13.2. The smallest absolute Gasteiger partial charge is 0.252 e. The Morgan fingerprint density at radius 3 is 2.25 bits per heavy atom. The van der Waals surface area contributed by atoms with Crippen LogP contribution in [0.5, 0.6) is 0 Å². The maximum Gasteiger partial charge on any atom is 0.252 e. The summed E-state index contributed by atoms with van der Waals surface area (Å²) in [4.78, 5) is 23.7. The number of primary amides is 1. The second kappa shape index (κ2) is 7.59. The van der Waals surface area contributed by atoms with Crippen molar-refractivity contribution in [3.05, 3.63) is 69.2 Å². The van der Waals surface area contributed by atoms with Crippen LogP contribution >= 0.6 is 23.2 Å². The van der Waals surface area contributed by atoms with Crippen LogP contribution in [0.2, 0.25) is 10.0 Å². The third-order valence-electron chi connectivity index (χ3n) is 3.21. The van der Waals surface area contributed by atoms with Gasteiger partial charge in [0, 0.05) is 28.1 Å². The first-order valence-electron chi connectivity index (χ1n) is 6.76. The fourth-order valence-corrected chi connectivity index (χ4v) is 2.54. The van der Waals surface area contributed by atoms with E-state index in [-0.39, 0.29) is 12.0 Å². The molecule has 0 heterocycles. The second-order valence-corrected chi connectivity index (χ2v) is 5.87. The minimum absolute atomic E-state index is 0.00880. The van der Waals surface area contributed by atoms with E-state index < -0.39 is 29.5 Å². The monoisotopic (exact) mass is 372 g/mol. The lowest BCUT2D eigenvalue weighted by Crippen LogP contribution is -2.46. The topological polar surface area (TPSA) is 72.2 Å². The van der Waals surface area contributed by atoms with E-state index in [4.69, 9.17) is 28.9 Å². The number of nitrogens with one attached hydrogen (secondary N) is 1. The van der Waals surface area contributed by atoms with Gasteiger partial charge in [0.15, 0.2) is 0 Å². The van der Waals surface area contributed by atoms with Crippen molar-refractivity contribution in [3.63, 3.8) is 0 Å². The average Bonchev–Trinajstić information content (AvgIpc) is 2.47. The predicted molar refractivity (Wildman–Crippen MR) is 87.0 cm³/mol. The molecule has 2 aromatic rings. The molecule has 0 bridgehead atoms. The molecule has 24 heavy (non-hydrogen) atoms. The highest BCUT2D eigenvalue weighted by Crippen LogP contribution is 2.22. The van der Waals surface area contributed by atoms with Gasteiger partial charge in [-0.25, -0.2) is 8.78 Å². The molecular weight excluding hydrogens is 361 g/mol. The van der Waals surface area contributed by atoms with Gasteiger partial charge in [-0.15, -0.1) is 0 Å². The molecular formula is C16H12Cl2F2N2O2. The summed E-state index contributed by atoms with van der Waals surface area (Å²) in [6, 6.07) is 5.88. The number of carbonyl (C=O) groups excluding carboxylic acids is 2. The van der Waals surface area contributed by atoms with Crippen molar-refractivity contribution in [1.29, 1.82) is 0 Å². The zero-order valence-corrected chi connectivity index (χ0v) is 13.7. The van der Waals surface area contributed by atoms with E-state index in [9.17, 15) is 18.4 Å². The fraction of sp³-hybridized carbons (Fsp3) is 0.125. The molecule has 0 unspecified atom stereocenters. The SMILES string of the molecule is NC(=O)[C@@H](Cc1ccc(Cl)cc1Cl)NC(=O)c1cc(F)cc(F)c1. The van der Waals surface area contributed by atoms with E-state index >= 15 is 0 Å². The first-order chi connectivity index (χ1) is 11.3. The van der Waals surface area contributed by atoms with Gasteiger partial charge in [-0.3, -0.25) is 9.59 Å². The molecule has 0 saturated heterocycles. The Bertz CT molecular complexity index is 779. The van der Waals surface area contributed by atoms with Crippen LogP contribution in [-0.4, -0.2) is 17.9 Å². The van der Waals surface area contributed by atoms with E-state index in [2.05, 4.69) is 5.32 Å². The number of hydrogen-bond donors (Lipinski definition) is 2.